The van der Waals surface area contributed by atoms with Crippen LogP contribution in [0.1, 0.15) is 31.0 Å². The van der Waals surface area contributed by atoms with Gasteiger partial charge in [-0.3, -0.25) is 9.69 Å². The summed E-state index contributed by atoms with van der Waals surface area (Å²) in [5, 5.41) is 2.72. The summed E-state index contributed by atoms with van der Waals surface area (Å²) in [6, 6.07) is 3.41. The molecular weight excluding hydrogens is 347 g/mol. The van der Waals surface area contributed by atoms with Gasteiger partial charge in [0.05, 0.1) is 29.4 Å². The predicted octanol–water partition coefficient (Wildman–Crippen LogP) is 3.15. The molecule has 0 aliphatic carbocycles. The second kappa shape index (κ2) is 6.34. The maximum absolute atomic E-state index is 12.8. The highest BCUT2D eigenvalue weighted by Crippen LogP contribution is 2.37. The fraction of sp³-hybridized carbons (Fsp3) is 0.444. The number of nitrogens with one attached hydrogen (secondary N) is 1. The Balaban J connectivity index is 1.97. The van der Waals surface area contributed by atoms with Gasteiger partial charge in [0.15, 0.2) is 0 Å². The van der Waals surface area contributed by atoms with E-state index in [0.29, 0.717) is 29.9 Å². The predicted molar refractivity (Wildman–Crippen MR) is 88.9 cm³/mol. The molecule has 2 aliphatic heterocycles. The summed E-state index contributed by atoms with van der Waals surface area (Å²) >= 11 is 0. The van der Waals surface area contributed by atoms with Crippen molar-refractivity contribution in [1.82, 2.24) is 15.1 Å². The van der Waals surface area contributed by atoms with Gasteiger partial charge in [-0.2, -0.15) is 13.2 Å². The Bertz CT molecular complexity index is 769. The Morgan fingerprint density at radius 3 is 2.35 bits per heavy atom. The second-order valence-electron chi connectivity index (χ2n) is 7.00. The number of hydrogen-bond donors (Lipinski definition) is 1. The number of urea groups is 1. The SMILES string of the molecule is CC(C)CN1CC2=C(C1=O)[C@H](c1ccc(C(F)(F)F)cc1)NC(=O)N2C. The number of halogens is 3. The van der Waals surface area contributed by atoms with Crippen LogP contribution in [0.2, 0.25) is 0 Å². The van der Waals surface area contributed by atoms with Crippen LogP contribution in [0.4, 0.5) is 18.0 Å². The van der Waals surface area contributed by atoms with Crippen LogP contribution in [0.3, 0.4) is 0 Å². The van der Waals surface area contributed by atoms with E-state index in [9.17, 15) is 22.8 Å². The molecule has 2 aliphatic rings. The second-order valence-corrected chi connectivity index (χ2v) is 7.00. The van der Waals surface area contributed by atoms with Crippen LogP contribution in [0.5, 0.6) is 0 Å². The van der Waals surface area contributed by atoms with Crippen molar-refractivity contribution in [3.8, 4) is 0 Å². The highest BCUT2D eigenvalue weighted by atomic mass is 19.4. The summed E-state index contributed by atoms with van der Waals surface area (Å²) in [5.74, 6) is 0.0734. The monoisotopic (exact) mass is 367 g/mol. The molecule has 2 heterocycles. The summed E-state index contributed by atoms with van der Waals surface area (Å²) in [4.78, 5) is 28.2. The first-order valence-corrected chi connectivity index (χ1v) is 8.33. The Labute approximate surface area is 149 Å². The van der Waals surface area contributed by atoms with E-state index in [4.69, 9.17) is 0 Å². The summed E-state index contributed by atoms with van der Waals surface area (Å²) in [7, 11) is 1.58. The third-order valence-electron chi connectivity index (χ3n) is 4.59. The Morgan fingerprint density at radius 1 is 1.19 bits per heavy atom. The topological polar surface area (TPSA) is 52.7 Å². The maximum Gasteiger partial charge on any atom is 0.416 e. The zero-order valence-corrected chi connectivity index (χ0v) is 14.7. The van der Waals surface area contributed by atoms with Crippen LogP contribution < -0.4 is 5.32 Å². The molecule has 0 radical (unpaired) electrons. The van der Waals surface area contributed by atoms with E-state index >= 15 is 0 Å². The molecule has 1 N–H and O–H groups in total. The number of benzene rings is 1. The molecule has 140 valence electrons. The molecule has 26 heavy (non-hydrogen) atoms. The molecule has 0 aromatic heterocycles. The molecule has 3 rings (SSSR count). The lowest BCUT2D eigenvalue weighted by atomic mass is 9.95. The van der Waals surface area contributed by atoms with Crippen molar-refractivity contribution in [2.45, 2.75) is 26.1 Å². The van der Waals surface area contributed by atoms with Crippen LogP contribution in [0, 0.1) is 5.92 Å². The van der Waals surface area contributed by atoms with Gasteiger partial charge in [0.1, 0.15) is 0 Å². The number of nitrogens with zero attached hydrogens (tertiary/aromatic N) is 2. The normalized spacial score (nSPS) is 20.8. The first kappa shape index (κ1) is 18.3. The number of amides is 3. The van der Waals surface area contributed by atoms with E-state index in [1.807, 2.05) is 13.8 Å². The van der Waals surface area contributed by atoms with Crippen LogP contribution >= 0.6 is 0 Å². The van der Waals surface area contributed by atoms with E-state index in [0.717, 1.165) is 12.1 Å². The standard InChI is InChI=1S/C18H20F3N3O2/c1-10(2)8-24-9-13-14(16(24)25)15(22-17(26)23(13)3)11-4-6-12(7-5-11)18(19,20)21/h4-7,10,15H,8-9H2,1-3H3,(H,22,26)/t15-/m0/s1. The minimum atomic E-state index is -4.43. The fourth-order valence-corrected chi connectivity index (χ4v) is 3.33. The smallest absolute Gasteiger partial charge is 0.333 e. The zero-order valence-electron chi connectivity index (χ0n) is 14.7. The van der Waals surface area contributed by atoms with Gasteiger partial charge < -0.3 is 10.2 Å². The van der Waals surface area contributed by atoms with Gasteiger partial charge in [-0.15, -0.1) is 0 Å². The number of rotatable bonds is 3. The summed E-state index contributed by atoms with van der Waals surface area (Å²) in [6.07, 6.45) is -4.43. The highest BCUT2D eigenvalue weighted by Gasteiger charge is 2.43. The van der Waals surface area contributed by atoms with Gasteiger partial charge in [-0.05, 0) is 23.6 Å². The Morgan fingerprint density at radius 2 is 1.81 bits per heavy atom. The molecular formula is C18H20F3N3O2. The number of alkyl halides is 3. The van der Waals surface area contributed by atoms with E-state index in [1.165, 1.54) is 17.0 Å². The van der Waals surface area contributed by atoms with Crippen molar-refractivity contribution in [3.63, 3.8) is 0 Å². The zero-order chi connectivity index (χ0) is 19.2. The molecule has 0 fully saturated rings. The molecule has 1 atom stereocenters. The van der Waals surface area contributed by atoms with Gasteiger partial charge in [-0.25, -0.2) is 4.79 Å². The number of likely N-dealkylation sites (N-methyl/N-ethyl adjacent to an activating group) is 1. The minimum Gasteiger partial charge on any atom is -0.333 e. The van der Waals surface area contributed by atoms with Gasteiger partial charge >= 0.3 is 12.2 Å². The number of carbonyl (C=O) groups excluding carboxylic acids is 2. The Kier molecular flexibility index (Phi) is 4.46. The van der Waals surface area contributed by atoms with E-state index in [1.54, 1.807) is 11.9 Å². The lowest BCUT2D eigenvalue weighted by molar-refractivity contribution is -0.137. The molecule has 5 nitrogen and oxygen atoms in total. The summed E-state index contributed by atoms with van der Waals surface area (Å²) in [5.41, 5.74) is 0.706. The van der Waals surface area contributed by atoms with Crippen molar-refractivity contribution >= 4 is 11.9 Å². The first-order valence-electron chi connectivity index (χ1n) is 8.33. The average Bonchev–Trinajstić information content (AvgIpc) is 2.87. The third kappa shape index (κ3) is 3.15. The van der Waals surface area contributed by atoms with Gasteiger partial charge in [0.25, 0.3) is 5.91 Å². The highest BCUT2D eigenvalue weighted by molar-refractivity contribution is 6.01. The lowest BCUT2D eigenvalue weighted by Gasteiger charge is -2.31. The molecule has 0 bridgehead atoms. The van der Waals surface area contributed by atoms with Crippen LogP contribution in [0.15, 0.2) is 35.5 Å². The number of carbonyl (C=O) groups is 2. The quantitative estimate of drug-likeness (QED) is 0.892. The van der Waals surface area contributed by atoms with Gasteiger partial charge in [0.2, 0.25) is 0 Å². The van der Waals surface area contributed by atoms with Crippen LogP contribution in [-0.4, -0.2) is 41.9 Å². The Hall–Kier alpha value is -2.51. The van der Waals surface area contributed by atoms with E-state index < -0.39 is 17.8 Å². The van der Waals surface area contributed by atoms with E-state index in [2.05, 4.69) is 5.32 Å². The first-order chi connectivity index (χ1) is 12.1. The summed E-state index contributed by atoms with van der Waals surface area (Å²) in [6.45, 7) is 4.86. The molecule has 1 aromatic rings. The fourth-order valence-electron chi connectivity index (χ4n) is 3.33. The van der Waals surface area contributed by atoms with Crippen LogP contribution in [0.25, 0.3) is 0 Å². The molecule has 8 heteroatoms. The average molecular weight is 367 g/mol. The maximum atomic E-state index is 12.8. The molecule has 0 saturated heterocycles. The van der Waals surface area contributed by atoms with Crippen molar-refractivity contribution < 1.29 is 22.8 Å². The van der Waals surface area contributed by atoms with Crippen molar-refractivity contribution in [2.75, 3.05) is 20.1 Å². The number of hydrogen-bond acceptors (Lipinski definition) is 2. The molecule has 0 spiro atoms. The van der Waals surface area contributed by atoms with Gasteiger partial charge in [0, 0.05) is 13.6 Å². The molecule has 0 saturated carbocycles. The minimum absolute atomic E-state index is 0.189. The van der Waals surface area contributed by atoms with Crippen molar-refractivity contribution in [3.05, 3.63) is 46.7 Å². The molecule has 0 unspecified atom stereocenters. The molecule has 3 amide bonds. The van der Waals surface area contributed by atoms with Crippen molar-refractivity contribution in [2.24, 2.45) is 5.92 Å². The largest absolute Gasteiger partial charge is 0.416 e. The van der Waals surface area contributed by atoms with Gasteiger partial charge in [-0.1, -0.05) is 26.0 Å². The molecule has 1 aromatic carbocycles. The van der Waals surface area contributed by atoms with Crippen LogP contribution in [-0.2, 0) is 11.0 Å². The van der Waals surface area contributed by atoms with Crippen molar-refractivity contribution in [1.29, 1.82) is 0 Å². The van der Waals surface area contributed by atoms with E-state index in [-0.39, 0.29) is 17.9 Å². The third-order valence-corrected chi connectivity index (χ3v) is 4.59. The lowest BCUT2D eigenvalue weighted by Crippen LogP contribution is -2.45. The summed E-state index contributed by atoms with van der Waals surface area (Å²) < 4.78 is 38.3.